The minimum Gasteiger partial charge on any atom is -0.406 e. The van der Waals surface area contributed by atoms with E-state index >= 15 is 0 Å². The Hall–Kier alpha value is -2.09. The Bertz CT molecular complexity index is 528. The van der Waals surface area contributed by atoms with Crippen molar-refractivity contribution in [1.29, 1.82) is 0 Å². The molecule has 0 spiro atoms. The Balaban J connectivity index is 2.20. The van der Waals surface area contributed by atoms with Gasteiger partial charge in [-0.2, -0.15) is 0 Å². The van der Waals surface area contributed by atoms with Crippen LogP contribution in [0.15, 0.2) is 24.3 Å². The average molecular weight is 288 g/mol. The molecule has 2 rings (SSSR count). The quantitative estimate of drug-likeness (QED) is 0.838. The van der Waals surface area contributed by atoms with Crippen molar-refractivity contribution in [3.8, 4) is 5.75 Å². The molecule has 0 unspecified atom stereocenters. The third-order valence-electron chi connectivity index (χ3n) is 2.78. The van der Waals surface area contributed by atoms with Gasteiger partial charge in [-0.25, -0.2) is 4.90 Å². The van der Waals surface area contributed by atoms with Gasteiger partial charge in [-0.15, -0.1) is 13.2 Å². The summed E-state index contributed by atoms with van der Waals surface area (Å²) >= 11 is 0. The highest BCUT2D eigenvalue weighted by Gasteiger charge is 2.34. The molecule has 1 aromatic rings. The molecule has 0 radical (unpaired) electrons. The largest absolute Gasteiger partial charge is 0.573 e. The van der Waals surface area contributed by atoms with Gasteiger partial charge in [-0.3, -0.25) is 9.59 Å². The lowest BCUT2D eigenvalue weighted by Crippen LogP contribution is -2.51. The smallest absolute Gasteiger partial charge is 0.406 e. The van der Waals surface area contributed by atoms with Crippen molar-refractivity contribution in [2.45, 2.75) is 25.2 Å². The predicted octanol–water partition coefficient (Wildman–Crippen LogP) is 1.57. The number of carbonyl (C=O) groups is 2. The van der Waals surface area contributed by atoms with Gasteiger partial charge in [0, 0.05) is 6.42 Å². The topological polar surface area (TPSA) is 72.6 Å². The summed E-state index contributed by atoms with van der Waals surface area (Å²) in [6.45, 7) is 0. The zero-order valence-electron chi connectivity index (χ0n) is 10.2. The first kappa shape index (κ1) is 14.3. The number of piperidine rings is 1. The molecule has 0 aliphatic carbocycles. The number of amides is 2. The highest BCUT2D eigenvalue weighted by Crippen LogP contribution is 2.27. The SMILES string of the molecule is N[C@@H]1CCC(=O)N(c2ccc(OC(F)(F)F)cc2)C1=O. The van der Waals surface area contributed by atoms with Crippen molar-refractivity contribution in [1.82, 2.24) is 0 Å². The lowest BCUT2D eigenvalue weighted by molar-refractivity contribution is -0.274. The van der Waals surface area contributed by atoms with Crippen molar-refractivity contribution in [3.05, 3.63) is 24.3 Å². The lowest BCUT2D eigenvalue weighted by atomic mass is 10.0. The monoisotopic (exact) mass is 288 g/mol. The van der Waals surface area contributed by atoms with Crippen molar-refractivity contribution >= 4 is 17.5 Å². The molecule has 1 saturated heterocycles. The van der Waals surface area contributed by atoms with Crippen LogP contribution in [0.5, 0.6) is 5.75 Å². The van der Waals surface area contributed by atoms with E-state index in [0.717, 1.165) is 17.0 Å². The molecule has 1 atom stereocenters. The Morgan fingerprint density at radius 3 is 2.35 bits per heavy atom. The number of nitrogens with zero attached hydrogens (tertiary/aromatic N) is 1. The highest BCUT2D eigenvalue weighted by atomic mass is 19.4. The van der Waals surface area contributed by atoms with E-state index < -0.39 is 30.0 Å². The third-order valence-corrected chi connectivity index (χ3v) is 2.78. The number of benzene rings is 1. The average Bonchev–Trinajstić information content (AvgIpc) is 2.35. The Morgan fingerprint density at radius 2 is 1.80 bits per heavy atom. The molecule has 0 saturated carbocycles. The van der Waals surface area contributed by atoms with Crippen molar-refractivity contribution in [2.75, 3.05) is 4.90 Å². The number of alkyl halides is 3. The first-order valence-corrected chi connectivity index (χ1v) is 5.76. The molecule has 0 bridgehead atoms. The second kappa shape index (κ2) is 5.12. The first-order valence-electron chi connectivity index (χ1n) is 5.76. The molecule has 1 aromatic carbocycles. The van der Waals surface area contributed by atoms with Crippen LogP contribution in [-0.4, -0.2) is 24.2 Å². The first-order chi connectivity index (χ1) is 9.28. The van der Waals surface area contributed by atoms with Crippen LogP contribution in [0.1, 0.15) is 12.8 Å². The molecule has 2 N–H and O–H groups in total. The molecule has 1 aliphatic heterocycles. The van der Waals surface area contributed by atoms with E-state index in [2.05, 4.69) is 4.74 Å². The summed E-state index contributed by atoms with van der Waals surface area (Å²) in [5.41, 5.74) is 5.74. The number of nitrogens with two attached hydrogens (primary N) is 1. The van der Waals surface area contributed by atoms with E-state index in [1.807, 2.05) is 0 Å². The zero-order valence-corrected chi connectivity index (χ0v) is 10.2. The Labute approximate surface area is 112 Å². The number of ether oxygens (including phenoxy) is 1. The van der Waals surface area contributed by atoms with Crippen LogP contribution in [0, 0.1) is 0 Å². The van der Waals surface area contributed by atoms with Gasteiger partial charge < -0.3 is 10.5 Å². The van der Waals surface area contributed by atoms with Crippen LogP contribution in [0.2, 0.25) is 0 Å². The number of halogens is 3. The van der Waals surface area contributed by atoms with Crippen molar-refractivity contribution < 1.29 is 27.5 Å². The van der Waals surface area contributed by atoms with Gasteiger partial charge in [-0.05, 0) is 30.7 Å². The molecular formula is C12H11F3N2O3. The molecule has 1 aliphatic rings. The minimum absolute atomic E-state index is 0.119. The number of anilines is 1. The number of rotatable bonds is 2. The number of imide groups is 1. The molecule has 8 heteroatoms. The van der Waals surface area contributed by atoms with Gasteiger partial charge in [0.05, 0.1) is 11.7 Å². The van der Waals surface area contributed by atoms with E-state index in [1.165, 1.54) is 12.1 Å². The van der Waals surface area contributed by atoms with Crippen LogP contribution in [0.4, 0.5) is 18.9 Å². The fourth-order valence-electron chi connectivity index (χ4n) is 1.87. The van der Waals surface area contributed by atoms with Gasteiger partial charge in [0.25, 0.3) is 5.91 Å². The van der Waals surface area contributed by atoms with E-state index in [9.17, 15) is 22.8 Å². The second-order valence-corrected chi connectivity index (χ2v) is 4.25. The van der Waals surface area contributed by atoms with Crippen LogP contribution in [0.25, 0.3) is 0 Å². The highest BCUT2D eigenvalue weighted by molar-refractivity contribution is 6.18. The summed E-state index contributed by atoms with van der Waals surface area (Å²) in [5.74, 6) is -1.42. The maximum Gasteiger partial charge on any atom is 0.573 e. The number of hydrogen-bond acceptors (Lipinski definition) is 4. The molecule has 108 valence electrons. The Kier molecular flexibility index (Phi) is 3.67. The van der Waals surface area contributed by atoms with Gasteiger partial charge in [0.1, 0.15) is 5.75 Å². The molecule has 0 aromatic heterocycles. The van der Waals surface area contributed by atoms with Gasteiger partial charge in [0.2, 0.25) is 5.91 Å². The van der Waals surface area contributed by atoms with Gasteiger partial charge >= 0.3 is 6.36 Å². The van der Waals surface area contributed by atoms with Crippen LogP contribution < -0.4 is 15.4 Å². The van der Waals surface area contributed by atoms with E-state index in [1.54, 1.807) is 0 Å². The fraction of sp³-hybridized carbons (Fsp3) is 0.333. The normalized spacial score (nSPS) is 20.2. The van der Waals surface area contributed by atoms with E-state index in [4.69, 9.17) is 5.73 Å². The second-order valence-electron chi connectivity index (χ2n) is 4.25. The molecule has 2 amide bonds. The number of carbonyl (C=O) groups excluding carboxylic acids is 2. The zero-order chi connectivity index (χ0) is 14.9. The third kappa shape index (κ3) is 3.08. The number of hydrogen-bond donors (Lipinski definition) is 1. The maximum atomic E-state index is 12.0. The van der Waals surface area contributed by atoms with Gasteiger partial charge in [0.15, 0.2) is 0 Å². The van der Waals surface area contributed by atoms with Crippen LogP contribution in [-0.2, 0) is 9.59 Å². The molecule has 1 fully saturated rings. The summed E-state index contributed by atoms with van der Waals surface area (Å²) < 4.78 is 39.7. The van der Waals surface area contributed by atoms with Gasteiger partial charge in [-0.1, -0.05) is 0 Å². The van der Waals surface area contributed by atoms with Crippen molar-refractivity contribution in [3.63, 3.8) is 0 Å². The van der Waals surface area contributed by atoms with Crippen LogP contribution in [0.3, 0.4) is 0 Å². The fourth-order valence-corrected chi connectivity index (χ4v) is 1.87. The minimum atomic E-state index is -4.79. The lowest BCUT2D eigenvalue weighted by Gasteiger charge is -2.28. The predicted molar refractivity (Wildman–Crippen MR) is 62.8 cm³/mol. The van der Waals surface area contributed by atoms with E-state index in [-0.39, 0.29) is 18.5 Å². The standard InChI is InChI=1S/C12H11F3N2O3/c13-12(14,15)20-8-3-1-7(2-4-8)17-10(18)6-5-9(16)11(17)19/h1-4,9H,5-6,16H2/t9-/m1/s1. The maximum absolute atomic E-state index is 12.0. The summed E-state index contributed by atoms with van der Waals surface area (Å²) in [5, 5.41) is 0. The molecule has 20 heavy (non-hydrogen) atoms. The summed E-state index contributed by atoms with van der Waals surface area (Å²) in [7, 11) is 0. The summed E-state index contributed by atoms with van der Waals surface area (Å²) in [4.78, 5) is 24.4. The molecule has 1 heterocycles. The van der Waals surface area contributed by atoms with E-state index in [0.29, 0.717) is 0 Å². The molecule has 5 nitrogen and oxygen atoms in total. The van der Waals surface area contributed by atoms with Crippen molar-refractivity contribution in [2.24, 2.45) is 5.73 Å². The summed E-state index contributed by atoms with van der Waals surface area (Å²) in [6, 6.07) is 3.69. The van der Waals surface area contributed by atoms with Crippen LogP contribution >= 0.6 is 0 Å². The Morgan fingerprint density at radius 1 is 1.20 bits per heavy atom. The summed E-state index contributed by atoms with van der Waals surface area (Å²) in [6.07, 6.45) is -4.40. The molecular weight excluding hydrogens is 277 g/mol.